The maximum atomic E-state index is 10.7. The molecule has 1 N–H and O–H groups in total. The van der Waals surface area contributed by atoms with Crippen molar-refractivity contribution in [2.45, 2.75) is 26.8 Å². The van der Waals surface area contributed by atoms with E-state index in [0.29, 0.717) is 12.4 Å². The Labute approximate surface area is 117 Å². The smallest absolute Gasteiger partial charge is 0.335 e. The summed E-state index contributed by atoms with van der Waals surface area (Å²) in [6.45, 7) is 5.49. The van der Waals surface area contributed by atoms with E-state index < -0.39 is 5.97 Å². The maximum absolute atomic E-state index is 10.7. The molecule has 5 nitrogen and oxygen atoms in total. The summed E-state index contributed by atoms with van der Waals surface area (Å²) in [5.74, 6) is -0.240. The highest BCUT2D eigenvalue weighted by Crippen LogP contribution is 2.13. The molecule has 0 radical (unpaired) electrons. The summed E-state index contributed by atoms with van der Waals surface area (Å²) in [5, 5.41) is 8.79. The quantitative estimate of drug-likeness (QED) is 0.822. The Bertz CT molecular complexity index is 588. The van der Waals surface area contributed by atoms with E-state index in [9.17, 15) is 4.79 Å². The number of carboxylic acids is 1. The predicted molar refractivity (Wildman–Crippen MR) is 75.2 cm³/mol. The first-order valence-corrected chi connectivity index (χ1v) is 6.52. The second kappa shape index (κ2) is 6.23. The fraction of sp³-hybridized carbons (Fsp3) is 0.333. The number of aromatic nitrogens is 2. The molecule has 0 aliphatic rings. The molecule has 1 heterocycles. The Morgan fingerprint density at radius 2 is 2.00 bits per heavy atom. The Balaban J connectivity index is 1.78. The number of hydrogen-bond donors (Lipinski definition) is 1. The van der Waals surface area contributed by atoms with Gasteiger partial charge in [0.2, 0.25) is 0 Å². The van der Waals surface area contributed by atoms with Crippen LogP contribution in [-0.2, 0) is 6.54 Å². The maximum Gasteiger partial charge on any atom is 0.335 e. The number of aryl methyl sites for hydroxylation is 2. The lowest BCUT2D eigenvalue weighted by molar-refractivity contribution is 0.0697. The second-order valence-corrected chi connectivity index (χ2v) is 4.64. The lowest BCUT2D eigenvalue weighted by atomic mass is 10.2. The lowest BCUT2D eigenvalue weighted by Gasteiger charge is -2.08. The summed E-state index contributed by atoms with van der Waals surface area (Å²) in [7, 11) is 0. The van der Waals surface area contributed by atoms with E-state index in [1.807, 2.05) is 20.2 Å². The number of hydrogen-bond acceptors (Lipinski definition) is 3. The van der Waals surface area contributed by atoms with Crippen molar-refractivity contribution in [3.8, 4) is 5.75 Å². The molecule has 0 saturated heterocycles. The van der Waals surface area contributed by atoms with Crippen molar-refractivity contribution >= 4 is 5.97 Å². The van der Waals surface area contributed by atoms with E-state index in [4.69, 9.17) is 9.84 Å². The minimum absolute atomic E-state index is 0.266. The van der Waals surface area contributed by atoms with Gasteiger partial charge in [-0.1, -0.05) is 0 Å². The molecule has 2 rings (SSSR count). The Kier molecular flexibility index (Phi) is 4.40. The second-order valence-electron chi connectivity index (χ2n) is 4.64. The number of nitrogens with zero attached hydrogens (tertiary/aromatic N) is 2. The minimum Gasteiger partial charge on any atom is -0.494 e. The zero-order valence-corrected chi connectivity index (χ0v) is 11.7. The average molecular weight is 274 g/mol. The number of carbonyl (C=O) groups is 1. The molecule has 0 aliphatic carbocycles. The van der Waals surface area contributed by atoms with Crippen molar-refractivity contribution in [2.75, 3.05) is 6.61 Å². The summed E-state index contributed by atoms with van der Waals surface area (Å²) in [6, 6.07) is 6.44. The van der Waals surface area contributed by atoms with Gasteiger partial charge in [0.15, 0.2) is 0 Å². The molecule has 0 spiro atoms. The van der Waals surface area contributed by atoms with Crippen molar-refractivity contribution in [3.05, 3.63) is 47.5 Å². The molecular weight excluding hydrogens is 256 g/mol. The first-order valence-electron chi connectivity index (χ1n) is 6.52. The summed E-state index contributed by atoms with van der Waals surface area (Å²) < 4.78 is 7.69. The molecular formula is C15H18N2O3. The third-order valence-electron chi connectivity index (χ3n) is 3.26. The largest absolute Gasteiger partial charge is 0.494 e. The van der Waals surface area contributed by atoms with Crippen molar-refractivity contribution < 1.29 is 14.6 Å². The topological polar surface area (TPSA) is 64.4 Å². The van der Waals surface area contributed by atoms with Crippen LogP contribution in [0, 0.1) is 13.8 Å². The van der Waals surface area contributed by atoms with Crippen LogP contribution in [0.3, 0.4) is 0 Å². The monoisotopic (exact) mass is 274 g/mol. The molecule has 0 atom stereocenters. The molecule has 20 heavy (non-hydrogen) atoms. The van der Waals surface area contributed by atoms with E-state index in [1.54, 1.807) is 24.3 Å². The molecule has 0 fully saturated rings. The van der Waals surface area contributed by atoms with Gasteiger partial charge < -0.3 is 14.4 Å². The van der Waals surface area contributed by atoms with Crippen molar-refractivity contribution in [2.24, 2.45) is 0 Å². The van der Waals surface area contributed by atoms with Crippen LogP contribution >= 0.6 is 0 Å². The third-order valence-corrected chi connectivity index (χ3v) is 3.26. The van der Waals surface area contributed by atoms with Gasteiger partial charge in [-0.15, -0.1) is 0 Å². The van der Waals surface area contributed by atoms with Gasteiger partial charge in [0.25, 0.3) is 0 Å². The van der Waals surface area contributed by atoms with E-state index >= 15 is 0 Å². The van der Waals surface area contributed by atoms with Gasteiger partial charge in [-0.25, -0.2) is 9.78 Å². The average Bonchev–Trinajstić information content (AvgIpc) is 2.76. The van der Waals surface area contributed by atoms with Gasteiger partial charge >= 0.3 is 5.97 Å². The molecule has 0 unspecified atom stereocenters. The molecule has 0 amide bonds. The Hall–Kier alpha value is -2.30. The molecule has 5 heteroatoms. The highest BCUT2D eigenvalue weighted by Gasteiger charge is 2.03. The van der Waals surface area contributed by atoms with Crippen LogP contribution in [-0.4, -0.2) is 27.2 Å². The van der Waals surface area contributed by atoms with Crippen LogP contribution in [0.4, 0.5) is 0 Å². The highest BCUT2D eigenvalue weighted by molar-refractivity contribution is 5.87. The summed E-state index contributed by atoms with van der Waals surface area (Å²) in [6.07, 6.45) is 2.71. The molecule has 0 bridgehead atoms. The SMILES string of the molecule is Cc1ncn(CCCOc2ccc(C(=O)O)cc2)c1C. The molecule has 1 aromatic carbocycles. The van der Waals surface area contributed by atoms with Gasteiger partial charge in [-0.3, -0.25) is 0 Å². The first kappa shape index (κ1) is 14.1. The van der Waals surface area contributed by atoms with Crippen LogP contribution in [0.1, 0.15) is 28.2 Å². The Morgan fingerprint density at radius 1 is 1.30 bits per heavy atom. The van der Waals surface area contributed by atoms with E-state index in [2.05, 4.69) is 9.55 Å². The van der Waals surface area contributed by atoms with Crippen LogP contribution in [0.15, 0.2) is 30.6 Å². The summed E-state index contributed by atoms with van der Waals surface area (Å²) in [5.41, 5.74) is 2.49. The third kappa shape index (κ3) is 3.38. The van der Waals surface area contributed by atoms with Gasteiger partial charge in [-0.2, -0.15) is 0 Å². The van der Waals surface area contributed by atoms with E-state index in [0.717, 1.165) is 18.7 Å². The summed E-state index contributed by atoms with van der Waals surface area (Å²) >= 11 is 0. The van der Waals surface area contributed by atoms with Crippen molar-refractivity contribution in [1.82, 2.24) is 9.55 Å². The van der Waals surface area contributed by atoms with Crippen LogP contribution in [0.25, 0.3) is 0 Å². The van der Waals surface area contributed by atoms with Gasteiger partial charge in [0, 0.05) is 12.2 Å². The summed E-state index contributed by atoms with van der Waals surface area (Å²) in [4.78, 5) is 15.0. The van der Waals surface area contributed by atoms with Gasteiger partial charge in [-0.05, 0) is 44.5 Å². The Morgan fingerprint density at radius 3 is 2.55 bits per heavy atom. The number of aromatic carboxylic acids is 1. The van der Waals surface area contributed by atoms with Gasteiger partial charge in [0.1, 0.15) is 5.75 Å². The van der Waals surface area contributed by atoms with Gasteiger partial charge in [0.05, 0.1) is 24.2 Å². The fourth-order valence-electron chi connectivity index (χ4n) is 1.89. The number of benzene rings is 1. The predicted octanol–water partition coefficient (Wildman–Crippen LogP) is 2.67. The molecule has 0 saturated carbocycles. The van der Waals surface area contributed by atoms with Crippen LogP contribution in [0.2, 0.25) is 0 Å². The molecule has 106 valence electrons. The van der Waals surface area contributed by atoms with Crippen molar-refractivity contribution in [3.63, 3.8) is 0 Å². The van der Waals surface area contributed by atoms with Crippen LogP contribution < -0.4 is 4.74 Å². The first-order chi connectivity index (χ1) is 9.58. The standard InChI is InChI=1S/C15H18N2O3/c1-11-12(2)17(10-16-11)8-3-9-20-14-6-4-13(5-7-14)15(18)19/h4-7,10H,3,8-9H2,1-2H3,(H,18,19). The zero-order valence-electron chi connectivity index (χ0n) is 11.7. The van der Waals surface area contributed by atoms with Crippen molar-refractivity contribution in [1.29, 1.82) is 0 Å². The van der Waals surface area contributed by atoms with E-state index in [-0.39, 0.29) is 5.56 Å². The zero-order chi connectivity index (χ0) is 14.5. The minimum atomic E-state index is -0.928. The molecule has 0 aliphatic heterocycles. The van der Waals surface area contributed by atoms with E-state index in [1.165, 1.54) is 5.69 Å². The highest BCUT2D eigenvalue weighted by atomic mass is 16.5. The lowest BCUT2D eigenvalue weighted by Crippen LogP contribution is -2.05. The molecule has 1 aromatic heterocycles. The normalized spacial score (nSPS) is 10.5. The number of rotatable bonds is 6. The number of imidazole rings is 1. The fourth-order valence-corrected chi connectivity index (χ4v) is 1.89. The number of carboxylic acid groups (broad SMARTS) is 1. The van der Waals surface area contributed by atoms with Crippen LogP contribution in [0.5, 0.6) is 5.75 Å². The number of ether oxygens (including phenoxy) is 1. The molecule has 2 aromatic rings.